The van der Waals surface area contributed by atoms with E-state index in [2.05, 4.69) is 15.6 Å². The van der Waals surface area contributed by atoms with Crippen LogP contribution in [-0.4, -0.2) is 57.9 Å². The molecule has 0 aliphatic carbocycles. The van der Waals surface area contributed by atoms with E-state index >= 15 is 0 Å². The first-order valence-corrected chi connectivity index (χ1v) is 8.31. The fraction of sp³-hybridized carbons (Fsp3) is 0.389. The molecular formula is C18H24ClN3O5. The summed E-state index contributed by atoms with van der Waals surface area (Å²) in [4.78, 5) is 22.5. The van der Waals surface area contributed by atoms with Crippen molar-refractivity contribution in [2.75, 3.05) is 25.0 Å². The molecule has 0 aliphatic heterocycles. The minimum Gasteiger partial charge on any atom is -0.473 e. The van der Waals surface area contributed by atoms with Gasteiger partial charge in [-0.05, 0) is 50.5 Å². The number of nitrogens with zero attached hydrogens (tertiary/aromatic N) is 1. The fourth-order valence-electron chi connectivity index (χ4n) is 1.95. The number of pyridine rings is 1. The average Bonchev–Trinajstić information content (AvgIpc) is 2.66. The van der Waals surface area contributed by atoms with Gasteiger partial charge in [0.15, 0.2) is 0 Å². The molecule has 0 saturated carbocycles. The van der Waals surface area contributed by atoms with Gasteiger partial charge in [0.25, 0.3) is 0 Å². The number of aliphatic carboxylic acids is 2. The average molecular weight is 402 g/mol. The molecule has 1 aromatic heterocycles. The zero-order valence-electron chi connectivity index (χ0n) is 18.6. The lowest BCUT2D eigenvalue weighted by Crippen LogP contribution is -2.22. The minimum absolute atomic E-state index is 0.00985. The lowest BCUT2D eigenvalue weighted by molar-refractivity contribution is -0.159. The number of rotatable bonds is 8. The van der Waals surface area contributed by atoms with Crippen LogP contribution in [0.25, 0.3) is 10.9 Å². The van der Waals surface area contributed by atoms with Crippen molar-refractivity contribution in [2.45, 2.75) is 25.8 Å². The second-order valence-electron chi connectivity index (χ2n) is 5.33. The monoisotopic (exact) mass is 401 g/mol. The number of aliphatic hydroxyl groups excluding tert-OH is 1. The van der Waals surface area contributed by atoms with E-state index in [-0.39, 0.29) is 25.6 Å². The number of fused-ring (bicyclic) bond motifs is 1. The smallest absolute Gasteiger partial charge is 0.414 e. The quantitative estimate of drug-likeness (QED) is 0.425. The fourth-order valence-corrected chi connectivity index (χ4v) is 2.11. The van der Waals surface area contributed by atoms with Crippen molar-refractivity contribution in [1.82, 2.24) is 10.3 Å². The third kappa shape index (κ3) is 8.67. The Bertz CT molecular complexity index is 905. The number of carbonyl (C=O) groups is 2. The number of carboxylic acid groups (broad SMARTS) is 2. The second kappa shape index (κ2) is 12.1. The van der Waals surface area contributed by atoms with Crippen molar-refractivity contribution in [1.29, 1.82) is 0 Å². The Hall–Kier alpha value is -2.42. The maximum Gasteiger partial charge on any atom is 0.414 e. The zero-order valence-corrected chi connectivity index (χ0v) is 15.3. The van der Waals surface area contributed by atoms with E-state index in [9.17, 15) is 0 Å². The van der Waals surface area contributed by atoms with E-state index in [4.69, 9.17) is 42.0 Å². The van der Waals surface area contributed by atoms with E-state index in [0.717, 1.165) is 16.6 Å². The van der Waals surface area contributed by atoms with Crippen LogP contribution in [0.3, 0.4) is 0 Å². The summed E-state index contributed by atoms with van der Waals surface area (Å²) in [7, 11) is 0. The molecule has 1 aromatic carbocycles. The highest BCUT2D eigenvalue weighted by atomic mass is 35.5. The molecule has 0 fully saturated rings. The highest BCUT2D eigenvalue weighted by Crippen LogP contribution is 2.25. The van der Waals surface area contributed by atoms with Gasteiger partial charge >= 0.3 is 11.9 Å². The van der Waals surface area contributed by atoms with Crippen LogP contribution >= 0.6 is 11.6 Å². The highest BCUT2D eigenvalue weighted by molar-refractivity contribution is 6.31. The summed E-state index contributed by atoms with van der Waals surface area (Å²) in [5.41, 5.74) is 1.52. The predicted octanol–water partition coefficient (Wildman–Crippen LogP) is 2.21. The first-order valence-electron chi connectivity index (χ1n) is 9.93. The van der Waals surface area contributed by atoms with Gasteiger partial charge in [0.1, 0.15) is 0 Å². The van der Waals surface area contributed by atoms with Crippen molar-refractivity contribution in [2.24, 2.45) is 0 Å². The van der Waals surface area contributed by atoms with E-state index in [1.54, 1.807) is 31.3 Å². The molecule has 0 radical (unpaired) electrons. The highest BCUT2D eigenvalue weighted by Gasteiger charge is 2.06. The van der Waals surface area contributed by atoms with Crippen LogP contribution in [-0.2, 0) is 9.59 Å². The molecule has 0 saturated heterocycles. The Morgan fingerprint density at radius 2 is 2.00 bits per heavy atom. The van der Waals surface area contributed by atoms with Gasteiger partial charge in [-0.25, -0.2) is 9.59 Å². The molecule has 0 bridgehead atoms. The van der Waals surface area contributed by atoms with Gasteiger partial charge in [0.05, 0.1) is 12.1 Å². The normalized spacial score (nSPS) is 14.6. The minimum atomic E-state index is -2.25. The number of hydrogen-bond acceptors (Lipinski definition) is 6. The van der Waals surface area contributed by atoms with Crippen LogP contribution in [0.4, 0.5) is 5.69 Å². The number of aromatic nitrogens is 1. The lowest BCUT2D eigenvalue weighted by atomic mass is 10.1. The molecule has 5 N–H and O–H groups in total. The summed E-state index contributed by atoms with van der Waals surface area (Å²) in [5, 5.41) is 30.7. The number of aliphatic hydroxyl groups is 1. The molecule has 1 unspecified atom stereocenters. The number of halogens is 1. The molecule has 2 rings (SSSR count). The molecule has 0 spiro atoms. The molecule has 27 heavy (non-hydrogen) atoms. The van der Waals surface area contributed by atoms with Gasteiger partial charge in [-0.2, -0.15) is 0 Å². The lowest BCUT2D eigenvalue weighted by Gasteiger charge is -2.17. The van der Waals surface area contributed by atoms with E-state index in [1.165, 1.54) is 0 Å². The van der Waals surface area contributed by atoms with Crippen molar-refractivity contribution < 1.29 is 30.4 Å². The van der Waals surface area contributed by atoms with Gasteiger partial charge < -0.3 is 26.0 Å². The van der Waals surface area contributed by atoms with Gasteiger partial charge in [-0.1, -0.05) is 11.6 Å². The Kier molecular flexibility index (Phi) is 7.47. The first kappa shape index (κ1) is 16.7. The molecule has 8 nitrogen and oxygen atoms in total. The second-order valence-corrected chi connectivity index (χ2v) is 5.77. The van der Waals surface area contributed by atoms with Crippen LogP contribution in [0.15, 0.2) is 30.5 Å². The van der Waals surface area contributed by atoms with Crippen molar-refractivity contribution in [3.63, 3.8) is 0 Å². The third-order valence-electron chi connectivity index (χ3n) is 3.11. The van der Waals surface area contributed by atoms with Gasteiger partial charge in [-0.15, -0.1) is 0 Å². The molecule has 148 valence electrons. The number of nitrogens with one attached hydrogen (secondary N) is 2. The third-order valence-corrected chi connectivity index (χ3v) is 3.35. The SMILES string of the molecule is O=C(O)C(=O)O.[2H]C([2H])(CC(C)Nc1ccnc2cc(Cl)ccc12)C([2H])([2H])NCCO. The Morgan fingerprint density at radius 1 is 1.30 bits per heavy atom. The Balaban J connectivity index is 0.000000703. The largest absolute Gasteiger partial charge is 0.473 e. The Morgan fingerprint density at radius 3 is 2.63 bits per heavy atom. The number of carboxylic acids is 2. The summed E-state index contributed by atoms with van der Waals surface area (Å²) >= 11 is 5.98. The summed E-state index contributed by atoms with van der Waals surface area (Å²) in [5.74, 6) is -3.65. The summed E-state index contributed by atoms with van der Waals surface area (Å²) in [6.45, 7) is -0.722. The molecule has 0 aliphatic rings. The van der Waals surface area contributed by atoms with Crippen molar-refractivity contribution in [3.05, 3.63) is 35.5 Å². The zero-order chi connectivity index (χ0) is 23.8. The number of benzene rings is 1. The van der Waals surface area contributed by atoms with Crippen LogP contribution in [0.5, 0.6) is 0 Å². The van der Waals surface area contributed by atoms with Gasteiger partial charge in [0, 0.05) is 40.4 Å². The standard InChI is InChI=1S/C16H22ClN3O.C2H2O4/c1-12(3-2-7-18-9-10-21)20-15-6-8-19-16-11-13(17)4-5-14(15)16;3-1(4)2(5)6/h4-6,8,11-12,18,21H,2-3,7,9-10H2,1H3,(H,19,20);(H,3,4)(H,5,6)/i2D2,7D2;. The molecular weight excluding hydrogens is 374 g/mol. The maximum atomic E-state index is 9.10. The molecule has 0 amide bonds. The van der Waals surface area contributed by atoms with Crippen LogP contribution in [0.1, 0.15) is 25.2 Å². The summed E-state index contributed by atoms with van der Waals surface area (Å²) < 4.78 is 31.9. The van der Waals surface area contributed by atoms with E-state index in [0.29, 0.717) is 5.02 Å². The van der Waals surface area contributed by atoms with Crippen LogP contribution in [0, 0.1) is 0 Å². The van der Waals surface area contributed by atoms with Gasteiger partial charge in [-0.3, -0.25) is 4.98 Å². The van der Waals surface area contributed by atoms with Gasteiger partial charge in [0.2, 0.25) is 0 Å². The Labute approximate surface area is 167 Å². The summed E-state index contributed by atoms with van der Waals surface area (Å²) in [6.07, 6.45) is -0.541. The van der Waals surface area contributed by atoms with Crippen molar-refractivity contribution in [3.8, 4) is 0 Å². The topological polar surface area (TPSA) is 132 Å². The molecule has 1 heterocycles. The summed E-state index contributed by atoms with van der Waals surface area (Å²) in [6, 6.07) is 6.82. The maximum absolute atomic E-state index is 9.10. The molecule has 2 aromatic rings. The first-order chi connectivity index (χ1) is 14.3. The molecule has 1 atom stereocenters. The predicted molar refractivity (Wildman–Crippen MR) is 104 cm³/mol. The van der Waals surface area contributed by atoms with E-state index in [1.807, 2.05) is 6.07 Å². The van der Waals surface area contributed by atoms with Crippen LogP contribution in [0.2, 0.25) is 5.02 Å². The molecule has 9 heteroatoms. The number of hydrogen-bond donors (Lipinski definition) is 5. The van der Waals surface area contributed by atoms with Crippen molar-refractivity contribution >= 4 is 40.1 Å². The number of anilines is 1. The van der Waals surface area contributed by atoms with Crippen LogP contribution < -0.4 is 10.6 Å². The van der Waals surface area contributed by atoms with E-state index < -0.39 is 24.8 Å².